The van der Waals surface area contributed by atoms with Gasteiger partial charge >= 0.3 is 0 Å². The molecule has 0 atom stereocenters. The van der Waals surface area contributed by atoms with Crippen LogP contribution in [0.4, 0.5) is 10.1 Å². The Labute approximate surface area is 120 Å². The van der Waals surface area contributed by atoms with Crippen LogP contribution < -0.4 is 5.32 Å². The molecule has 2 aromatic carbocycles. The number of anilines is 1. The minimum absolute atomic E-state index is 0.195. The van der Waals surface area contributed by atoms with Crippen LogP contribution in [0.2, 0.25) is 0 Å². The van der Waals surface area contributed by atoms with Gasteiger partial charge in [0.1, 0.15) is 11.9 Å². The highest BCUT2D eigenvalue weighted by Crippen LogP contribution is 2.20. The molecule has 0 radical (unpaired) electrons. The quantitative estimate of drug-likeness (QED) is 0.920. The standard InChI is InChI=1S/C15H12BrFN2/c16-13-6-5-12(10-18)15(9-13)19-8-7-11-3-1-2-4-14(11)17/h1-6,9,19H,7-8H2. The smallest absolute Gasteiger partial charge is 0.126 e. The first-order valence-corrected chi connectivity index (χ1v) is 6.67. The van der Waals surface area contributed by atoms with E-state index in [0.29, 0.717) is 24.1 Å². The predicted molar refractivity (Wildman–Crippen MR) is 77.5 cm³/mol. The summed E-state index contributed by atoms with van der Waals surface area (Å²) in [5, 5.41) is 12.2. The first kappa shape index (κ1) is 13.6. The van der Waals surface area contributed by atoms with E-state index in [-0.39, 0.29) is 5.82 Å². The van der Waals surface area contributed by atoms with Gasteiger partial charge < -0.3 is 5.32 Å². The van der Waals surface area contributed by atoms with Gasteiger partial charge in [-0.05, 0) is 36.2 Å². The van der Waals surface area contributed by atoms with Crippen molar-refractivity contribution in [1.29, 1.82) is 5.26 Å². The number of benzene rings is 2. The van der Waals surface area contributed by atoms with Gasteiger partial charge in [-0.25, -0.2) is 4.39 Å². The summed E-state index contributed by atoms with van der Waals surface area (Å²) in [7, 11) is 0. The molecule has 4 heteroatoms. The van der Waals surface area contributed by atoms with Gasteiger partial charge in [-0.3, -0.25) is 0 Å². The molecular weight excluding hydrogens is 307 g/mol. The van der Waals surface area contributed by atoms with Crippen LogP contribution >= 0.6 is 15.9 Å². The minimum atomic E-state index is -0.195. The van der Waals surface area contributed by atoms with E-state index in [0.717, 1.165) is 10.2 Å². The molecular formula is C15H12BrFN2. The SMILES string of the molecule is N#Cc1ccc(Br)cc1NCCc1ccccc1F. The molecule has 2 rings (SSSR count). The van der Waals surface area contributed by atoms with Crippen molar-refractivity contribution in [3.8, 4) is 6.07 Å². The molecule has 0 aliphatic carbocycles. The molecule has 0 aliphatic heterocycles. The fourth-order valence-electron chi connectivity index (χ4n) is 1.79. The lowest BCUT2D eigenvalue weighted by Gasteiger charge is -2.09. The van der Waals surface area contributed by atoms with Crippen molar-refractivity contribution in [3.05, 3.63) is 63.9 Å². The molecule has 0 fully saturated rings. The molecule has 0 spiro atoms. The molecule has 0 saturated heterocycles. The van der Waals surface area contributed by atoms with Gasteiger partial charge in [0.05, 0.1) is 11.3 Å². The lowest BCUT2D eigenvalue weighted by Crippen LogP contribution is -2.07. The van der Waals surface area contributed by atoms with Crippen molar-refractivity contribution in [2.45, 2.75) is 6.42 Å². The molecule has 2 nitrogen and oxygen atoms in total. The van der Waals surface area contributed by atoms with Gasteiger partial charge in [-0.2, -0.15) is 5.26 Å². The molecule has 2 aromatic rings. The van der Waals surface area contributed by atoms with Gasteiger partial charge in [0.2, 0.25) is 0 Å². The highest BCUT2D eigenvalue weighted by Gasteiger charge is 2.04. The van der Waals surface area contributed by atoms with Crippen LogP contribution in [-0.2, 0) is 6.42 Å². The average Bonchev–Trinajstić information content (AvgIpc) is 2.41. The number of hydrogen-bond donors (Lipinski definition) is 1. The van der Waals surface area contributed by atoms with Crippen molar-refractivity contribution in [3.63, 3.8) is 0 Å². The third-order valence-corrected chi connectivity index (χ3v) is 3.26. The van der Waals surface area contributed by atoms with E-state index in [1.54, 1.807) is 18.2 Å². The van der Waals surface area contributed by atoms with Crippen LogP contribution in [0.25, 0.3) is 0 Å². The first-order chi connectivity index (χ1) is 9.20. The summed E-state index contributed by atoms with van der Waals surface area (Å²) in [5.41, 5.74) is 2.01. The van der Waals surface area contributed by atoms with E-state index in [9.17, 15) is 4.39 Å². The molecule has 0 aromatic heterocycles. The van der Waals surface area contributed by atoms with E-state index in [1.807, 2.05) is 18.2 Å². The molecule has 0 bridgehead atoms. The van der Waals surface area contributed by atoms with E-state index < -0.39 is 0 Å². The molecule has 0 amide bonds. The van der Waals surface area contributed by atoms with Crippen molar-refractivity contribution in [1.82, 2.24) is 0 Å². The number of nitrogens with zero attached hydrogens (tertiary/aromatic N) is 1. The molecule has 0 heterocycles. The second-order valence-corrected chi connectivity index (χ2v) is 4.99. The summed E-state index contributed by atoms with van der Waals surface area (Å²) in [6.07, 6.45) is 0.573. The second kappa shape index (κ2) is 6.35. The molecule has 0 aliphatic rings. The highest BCUT2D eigenvalue weighted by molar-refractivity contribution is 9.10. The molecule has 19 heavy (non-hydrogen) atoms. The maximum atomic E-state index is 13.4. The Morgan fingerprint density at radius 2 is 2.00 bits per heavy atom. The predicted octanol–water partition coefficient (Wildman–Crippen LogP) is 4.11. The van der Waals surface area contributed by atoms with E-state index >= 15 is 0 Å². The van der Waals surface area contributed by atoms with Gasteiger partial charge in [0, 0.05) is 11.0 Å². The van der Waals surface area contributed by atoms with Crippen molar-refractivity contribution in [2.75, 3.05) is 11.9 Å². The van der Waals surface area contributed by atoms with Crippen LogP contribution in [0.1, 0.15) is 11.1 Å². The summed E-state index contributed by atoms with van der Waals surface area (Å²) < 4.78 is 14.3. The molecule has 96 valence electrons. The van der Waals surface area contributed by atoms with Crippen LogP contribution in [0.3, 0.4) is 0 Å². The van der Waals surface area contributed by atoms with Crippen LogP contribution in [0.15, 0.2) is 46.9 Å². The Morgan fingerprint density at radius 1 is 1.21 bits per heavy atom. The maximum absolute atomic E-state index is 13.4. The topological polar surface area (TPSA) is 35.8 Å². The Bertz CT molecular complexity index is 620. The third-order valence-electron chi connectivity index (χ3n) is 2.77. The average molecular weight is 319 g/mol. The van der Waals surface area contributed by atoms with E-state index in [1.165, 1.54) is 6.07 Å². The molecule has 0 saturated carbocycles. The number of nitrogens with one attached hydrogen (secondary N) is 1. The fraction of sp³-hybridized carbons (Fsp3) is 0.133. The number of halogens is 2. The van der Waals surface area contributed by atoms with Crippen LogP contribution in [0, 0.1) is 17.1 Å². The first-order valence-electron chi connectivity index (χ1n) is 5.87. The van der Waals surface area contributed by atoms with Gasteiger partial charge in [-0.15, -0.1) is 0 Å². The summed E-state index contributed by atoms with van der Waals surface area (Å²) in [6, 6.07) is 14.3. The van der Waals surface area contributed by atoms with Crippen LogP contribution in [0.5, 0.6) is 0 Å². The monoisotopic (exact) mass is 318 g/mol. The van der Waals surface area contributed by atoms with E-state index in [2.05, 4.69) is 27.3 Å². The van der Waals surface area contributed by atoms with E-state index in [4.69, 9.17) is 5.26 Å². The summed E-state index contributed by atoms with van der Waals surface area (Å²) >= 11 is 3.36. The number of hydrogen-bond acceptors (Lipinski definition) is 2. The van der Waals surface area contributed by atoms with Gasteiger partial charge in [0.15, 0.2) is 0 Å². The highest BCUT2D eigenvalue weighted by atomic mass is 79.9. The van der Waals surface area contributed by atoms with Gasteiger partial charge in [-0.1, -0.05) is 34.1 Å². The molecule has 1 N–H and O–H groups in total. The number of rotatable bonds is 4. The zero-order valence-corrected chi connectivity index (χ0v) is 11.7. The fourth-order valence-corrected chi connectivity index (χ4v) is 2.15. The van der Waals surface area contributed by atoms with Crippen molar-refractivity contribution < 1.29 is 4.39 Å². The van der Waals surface area contributed by atoms with Crippen molar-refractivity contribution >= 4 is 21.6 Å². The Balaban J connectivity index is 2.02. The zero-order chi connectivity index (χ0) is 13.7. The Morgan fingerprint density at radius 3 is 2.74 bits per heavy atom. The molecule has 0 unspecified atom stereocenters. The minimum Gasteiger partial charge on any atom is -0.384 e. The largest absolute Gasteiger partial charge is 0.384 e. The Kier molecular flexibility index (Phi) is 4.53. The summed E-state index contributed by atoms with van der Waals surface area (Å²) in [6.45, 7) is 0.575. The normalized spacial score (nSPS) is 9.95. The second-order valence-electron chi connectivity index (χ2n) is 4.07. The Hall–Kier alpha value is -1.86. The lowest BCUT2D eigenvalue weighted by molar-refractivity contribution is 0.610. The van der Waals surface area contributed by atoms with Crippen LogP contribution in [-0.4, -0.2) is 6.54 Å². The third kappa shape index (κ3) is 3.55. The summed E-state index contributed by atoms with van der Waals surface area (Å²) in [4.78, 5) is 0. The number of nitriles is 1. The maximum Gasteiger partial charge on any atom is 0.126 e. The van der Waals surface area contributed by atoms with Crippen molar-refractivity contribution in [2.24, 2.45) is 0 Å². The zero-order valence-electron chi connectivity index (χ0n) is 10.2. The lowest BCUT2D eigenvalue weighted by atomic mass is 10.1. The van der Waals surface area contributed by atoms with Gasteiger partial charge in [0.25, 0.3) is 0 Å². The summed E-state index contributed by atoms with van der Waals surface area (Å²) in [5.74, 6) is -0.195.